The van der Waals surface area contributed by atoms with E-state index < -0.39 is 0 Å². The second-order valence-corrected chi connectivity index (χ2v) is 12.8. The van der Waals surface area contributed by atoms with Crippen molar-refractivity contribution in [3.63, 3.8) is 0 Å². The lowest BCUT2D eigenvalue weighted by atomic mass is 10.00. The average molecular weight is 612 g/mol. The monoisotopic (exact) mass is 611 g/mol. The molecule has 0 aliphatic heterocycles. The number of carbonyl (C=O) groups is 2. The minimum atomic E-state index is 0.0208. The van der Waals surface area contributed by atoms with E-state index in [9.17, 15) is 9.59 Å². The normalized spacial score (nSPS) is 11.6. The van der Waals surface area contributed by atoms with Crippen LogP contribution in [0.25, 0.3) is 0 Å². The zero-order valence-electron chi connectivity index (χ0n) is 28.3. The zero-order valence-corrected chi connectivity index (χ0v) is 29.0. The van der Waals surface area contributed by atoms with Crippen LogP contribution in [0.15, 0.2) is 66.7 Å². The van der Waals surface area contributed by atoms with Gasteiger partial charge in [0.15, 0.2) is 11.6 Å². The maximum Gasteiger partial charge on any atom is 0.161 e. The van der Waals surface area contributed by atoms with Crippen molar-refractivity contribution >= 4 is 23.2 Å². The Bertz CT molecular complexity index is 1440. The number of hydrogen-bond donors (Lipinski definition) is 0. The van der Waals surface area contributed by atoms with Crippen molar-refractivity contribution < 1.29 is 9.59 Å². The largest absolute Gasteiger partial charge is 0.295 e. The summed E-state index contributed by atoms with van der Waals surface area (Å²) in [5, 5.41) is 9.13. The number of ketones is 2. The molecule has 0 radical (unpaired) electrons. The van der Waals surface area contributed by atoms with Gasteiger partial charge in [0.2, 0.25) is 0 Å². The fraction of sp³-hybridized carbons (Fsp3) is 0.425. The van der Waals surface area contributed by atoms with Gasteiger partial charge in [-0.05, 0) is 85.4 Å². The second kappa shape index (κ2) is 19.6. The molecule has 1 fully saturated rings. The van der Waals surface area contributed by atoms with Crippen molar-refractivity contribution in [3.05, 3.63) is 105 Å². The molecule has 4 rings (SSSR count). The molecule has 0 bridgehead atoms. The summed E-state index contributed by atoms with van der Waals surface area (Å²) in [4.78, 5) is 22.1. The first-order chi connectivity index (χ1) is 20.7. The maximum absolute atomic E-state index is 11.2. The van der Waals surface area contributed by atoms with Crippen molar-refractivity contribution in [2.75, 3.05) is 0 Å². The first-order valence-corrected chi connectivity index (χ1v) is 16.0. The van der Waals surface area contributed by atoms with Crippen LogP contribution in [-0.4, -0.2) is 11.6 Å². The topological polar surface area (TPSA) is 57.9 Å². The lowest BCUT2D eigenvalue weighted by Gasteiger charge is -2.07. The van der Waals surface area contributed by atoms with Crippen molar-refractivity contribution in [1.29, 1.82) is 5.26 Å². The van der Waals surface area contributed by atoms with Gasteiger partial charge in [0.25, 0.3) is 0 Å². The number of Topliss-reactive ketones (excluding diaryl/α,β-unsaturated/α-hetero) is 2. The van der Waals surface area contributed by atoms with Crippen molar-refractivity contribution in [1.82, 2.24) is 0 Å². The highest BCUT2D eigenvalue weighted by atomic mass is 35.5. The molecule has 0 N–H and O–H groups in total. The van der Waals surface area contributed by atoms with Crippen LogP contribution >= 0.6 is 11.6 Å². The number of rotatable bonds is 5. The Balaban J connectivity index is 0.000000297. The third kappa shape index (κ3) is 15.2. The van der Waals surface area contributed by atoms with Crippen LogP contribution < -0.4 is 0 Å². The first kappa shape index (κ1) is 38.4. The fourth-order valence-corrected chi connectivity index (χ4v) is 4.00. The van der Waals surface area contributed by atoms with E-state index in [1.165, 1.54) is 30.9 Å². The van der Waals surface area contributed by atoms with Crippen LogP contribution in [0.2, 0.25) is 5.02 Å². The van der Waals surface area contributed by atoms with Crippen molar-refractivity contribution in [2.24, 2.45) is 11.8 Å². The maximum atomic E-state index is 11.2. The molecule has 0 amide bonds. The summed E-state index contributed by atoms with van der Waals surface area (Å²) in [7, 11) is 0. The Kier molecular flexibility index (Phi) is 17.1. The van der Waals surface area contributed by atoms with Gasteiger partial charge in [-0.15, -0.1) is 5.92 Å². The highest BCUT2D eigenvalue weighted by Gasteiger charge is 2.17. The molecule has 234 valence electrons. The van der Waals surface area contributed by atoms with E-state index >= 15 is 0 Å². The van der Waals surface area contributed by atoms with Crippen molar-refractivity contribution in [3.8, 4) is 17.9 Å². The molecule has 1 saturated carbocycles. The molecule has 4 heteroatoms. The summed E-state index contributed by atoms with van der Waals surface area (Å²) in [6.07, 6.45) is 2.69. The SMILES string of the molecule is CC(=O)c1cc(C(C)C)ccc1Cl.CC(=O)c1ccc(C(C)C)cc1.CC(C)C#CC1CC1.CC(C)c1cccc(C#N)c1. The molecule has 3 aromatic rings. The van der Waals surface area contributed by atoms with Gasteiger partial charge in [-0.25, -0.2) is 0 Å². The Morgan fingerprint density at radius 1 is 0.727 bits per heavy atom. The minimum absolute atomic E-state index is 0.0208. The van der Waals surface area contributed by atoms with Gasteiger partial charge in [-0.3, -0.25) is 9.59 Å². The zero-order chi connectivity index (χ0) is 33.4. The number of nitriles is 1. The molecule has 0 saturated heterocycles. The van der Waals surface area contributed by atoms with Gasteiger partial charge >= 0.3 is 0 Å². The van der Waals surface area contributed by atoms with Crippen LogP contribution in [0.1, 0.15) is 143 Å². The highest BCUT2D eigenvalue weighted by molar-refractivity contribution is 6.33. The number of carbonyl (C=O) groups excluding carboxylic acids is 2. The number of benzene rings is 3. The second-order valence-electron chi connectivity index (χ2n) is 12.4. The molecule has 0 aromatic heterocycles. The van der Waals surface area contributed by atoms with Crippen LogP contribution in [0.4, 0.5) is 0 Å². The minimum Gasteiger partial charge on any atom is -0.295 e. The van der Waals surface area contributed by atoms with Gasteiger partial charge in [-0.2, -0.15) is 5.26 Å². The number of nitrogens with zero attached hydrogens (tertiary/aromatic N) is 1. The van der Waals surface area contributed by atoms with E-state index in [1.807, 2.05) is 60.7 Å². The molecule has 3 aromatic carbocycles. The van der Waals surface area contributed by atoms with E-state index in [0.29, 0.717) is 34.3 Å². The Morgan fingerprint density at radius 2 is 1.25 bits per heavy atom. The molecule has 1 aliphatic rings. The molecule has 44 heavy (non-hydrogen) atoms. The summed E-state index contributed by atoms with van der Waals surface area (Å²) >= 11 is 5.88. The molecule has 0 unspecified atom stereocenters. The van der Waals surface area contributed by atoms with Gasteiger partial charge in [0.05, 0.1) is 16.7 Å². The van der Waals surface area contributed by atoms with E-state index in [4.69, 9.17) is 16.9 Å². The number of hydrogen-bond acceptors (Lipinski definition) is 3. The van der Waals surface area contributed by atoms with Gasteiger partial charge in [0, 0.05) is 23.0 Å². The third-order valence-corrected chi connectivity index (χ3v) is 7.19. The van der Waals surface area contributed by atoms with Crippen molar-refractivity contribution in [2.45, 2.75) is 99.8 Å². The average Bonchev–Trinajstić information content (AvgIpc) is 3.82. The van der Waals surface area contributed by atoms with Gasteiger partial charge < -0.3 is 0 Å². The molecule has 0 atom stereocenters. The van der Waals surface area contributed by atoms with E-state index in [1.54, 1.807) is 13.0 Å². The fourth-order valence-electron chi connectivity index (χ4n) is 3.75. The van der Waals surface area contributed by atoms with Crippen LogP contribution in [-0.2, 0) is 0 Å². The summed E-state index contributed by atoms with van der Waals surface area (Å²) < 4.78 is 0. The molecule has 0 heterocycles. The lowest BCUT2D eigenvalue weighted by Crippen LogP contribution is -1.96. The highest BCUT2D eigenvalue weighted by Crippen LogP contribution is 2.27. The van der Waals surface area contributed by atoms with Crippen LogP contribution in [0.3, 0.4) is 0 Å². The summed E-state index contributed by atoms with van der Waals surface area (Å²) in [5.74, 6) is 9.32. The summed E-state index contributed by atoms with van der Waals surface area (Å²) in [6.45, 7) is 20.1. The van der Waals surface area contributed by atoms with E-state index in [0.717, 1.165) is 22.6 Å². The number of halogens is 1. The summed E-state index contributed by atoms with van der Waals surface area (Å²) in [5.41, 5.74) is 5.81. The smallest absolute Gasteiger partial charge is 0.161 e. The van der Waals surface area contributed by atoms with Crippen LogP contribution in [0.5, 0.6) is 0 Å². The third-order valence-electron chi connectivity index (χ3n) is 6.86. The van der Waals surface area contributed by atoms with Crippen LogP contribution in [0, 0.1) is 35.0 Å². The first-order valence-electron chi connectivity index (χ1n) is 15.6. The molecular formula is C40H50ClNO2. The summed E-state index contributed by atoms with van der Waals surface area (Å²) in [6, 6.07) is 23.3. The Hall–Kier alpha value is -3.66. The van der Waals surface area contributed by atoms with Gasteiger partial charge in [0.1, 0.15) is 0 Å². The van der Waals surface area contributed by atoms with E-state index in [2.05, 4.69) is 73.3 Å². The standard InChI is InChI=1S/C11H13ClO.C11H14O.C10H11N.C8H12/c1-7(2)9-4-5-11(12)10(6-9)8(3)13;1-8(2)10-4-6-11(7-5-10)9(3)12;1-8(2)10-5-3-4-9(6-10)7-11;1-7(2)3-4-8-5-6-8/h4-7H,1-3H3;4-8H,1-3H3;3-6,8H,1-2H3;7-8H,5-6H2,1-2H3. The van der Waals surface area contributed by atoms with Gasteiger partial charge in [-0.1, -0.05) is 115 Å². The molecule has 1 aliphatic carbocycles. The molecule has 0 spiro atoms. The lowest BCUT2D eigenvalue weighted by molar-refractivity contribution is 0.100. The Morgan fingerprint density at radius 3 is 1.68 bits per heavy atom. The Labute approximate surface area is 272 Å². The quantitative estimate of drug-likeness (QED) is 0.213. The predicted octanol–water partition coefficient (Wildman–Crippen LogP) is 11.4. The molecule has 3 nitrogen and oxygen atoms in total. The predicted molar refractivity (Wildman–Crippen MR) is 187 cm³/mol. The van der Waals surface area contributed by atoms with E-state index in [-0.39, 0.29) is 11.6 Å². The molecular weight excluding hydrogens is 562 g/mol.